The molecular formula is C15H9N3O3. The van der Waals surface area contributed by atoms with Crippen molar-refractivity contribution in [2.24, 2.45) is 0 Å². The lowest BCUT2D eigenvalue weighted by Crippen LogP contribution is -1.95. The summed E-state index contributed by atoms with van der Waals surface area (Å²) in [5.74, 6) is 0. The van der Waals surface area contributed by atoms with E-state index in [9.17, 15) is 20.6 Å². The van der Waals surface area contributed by atoms with Crippen LogP contribution in [0.1, 0.15) is 5.56 Å². The Morgan fingerprint density at radius 3 is 2.67 bits per heavy atom. The number of nitro benzene ring substituents is 1. The third-order valence-corrected chi connectivity index (χ3v) is 3.29. The molecule has 0 radical (unpaired) electrons. The number of rotatable bonds is 2. The smallest absolute Gasteiger partial charge is 0.270 e. The van der Waals surface area contributed by atoms with E-state index in [-0.39, 0.29) is 16.9 Å². The van der Waals surface area contributed by atoms with Crippen molar-refractivity contribution in [1.82, 2.24) is 4.73 Å². The van der Waals surface area contributed by atoms with Gasteiger partial charge in [-0.1, -0.05) is 30.3 Å². The third kappa shape index (κ3) is 1.88. The lowest BCUT2D eigenvalue weighted by atomic mass is 10.1. The minimum absolute atomic E-state index is 0.0957. The van der Waals surface area contributed by atoms with E-state index in [1.54, 1.807) is 30.3 Å². The topological polar surface area (TPSA) is 92.1 Å². The zero-order valence-corrected chi connectivity index (χ0v) is 10.7. The normalized spacial score (nSPS) is 10.4. The molecular weight excluding hydrogens is 270 g/mol. The first-order valence-electron chi connectivity index (χ1n) is 6.11. The molecule has 3 aromatic rings. The molecule has 1 aromatic heterocycles. The maximum Gasteiger partial charge on any atom is 0.270 e. The number of para-hydroxylation sites is 1. The summed E-state index contributed by atoms with van der Waals surface area (Å²) < 4.78 is 0.896. The van der Waals surface area contributed by atoms with Gasteiger partial charge < -0.3 is 5.21 Å². The van der Waals surface area contributed by atoms with E-state index in [0.29, 0.717) is 16.5 Å². The summed E-state index contributed by atoms with van der Waals surface area (Å²) in [6.45, 7) is 0. The number of fused-ring (bicyclic) bond motifs is 1. The van der Waals surface area contributed by atoms with Gasteiger partial charge in [-0.25, -0.2) is 0 Å². The Kier molecular flexibility index (Phi) is 2.81. The molecule has 0 aliphatic carbocycles. The Labute approximate surface area is 119 Å². The summed E-state index contributed by atoms with van der Waals surface area (Å²) in [6.07, 6.45) is 0. The molecule has 102 valence electrons. The maximum atomic E-state index is 10.9. The highest BCUT2D eigenvalue weighted by Crippen LogP contribution is 2.33. The number of nitro groups is 1. The fourth-order valence-corrected chi connectivity index (χ4v) is 2.37. The molecule has 0 aliphatic rings. The van der Waals surface area contributed by atoms with Gasteiger partial charge >= 0.3 is 0 Å². The molecule has 3 rings (SSSR count). The van der Waals surface area contributed by atoms with E-state index in [0.717, 1.165) is 4.73 Å². The standard InChI is InChI=1S/C15H9N3O3/c16-9-13-12-6-1-2-7-14(12)17(19)15(13)10-4-3-5-11(8-10)18(20)21/h1-8,19H. The Hall–Kier alpha value is -3.33. The molecule has 0 spiro atoms. The Morgan fingerprint density at radius 2 is 1.95 bits per heavy atom. The first-order valence-corrected chi connectivity index (χ1v) is 6.11. The lowest BCUT2D eigenvalue weighted by molar-refractivity contribution is -0.384. The van der Waals surface area contributed by atoms with Gasteiger partial charge in [-0.3, -0.25) is 10.1 Å². The minimum Gasteiger partial charge on any atom is -0.428 e. The Morgan fingerprint density at radius 1 is 1.19 bits per heavy atom. The van der Waals surface area contributed by atoms with Gasteiger partial charge in [0.15, 0.2) is 0 Å². The van der Waals surface area contributed by atoms with Crippen LogP contribution < -0.4 is 0 Å². The van der Waals surface area contributed by atoms with Crippen LogP contribution in [0.15, 0.2) is 48.5 Å². The third-order valence-electron chi connectivity index (χ3n) is 3.29. The van der Waals surface area contributed by atoms with Gasteiger partial charge in [0.2, 0.25) is 0 Å². The average molecular weight is 279 g/mol. The maximum absolute atomic E-state index is 10.9. The molecule has 6 nitrogen and oxygen atoms in total. The molecule has 0 saturated carbocycles. The quantitative estimate of drug-likeness (QED) is 0.442. The van der Waals surface area contributed by atoms with Gasteiger partial charge in [0.05, 0.1) is 16.0 Å². The SMILES string of the molecule is N#Cc1c(-c2cccc([N+](=O)[O-])c2)n(O)c2ccccc12. The fourth-order valence-electron chi connectivity index (χ4n) is 2.37. The molecule has 0 amide bonds. The van der Waals surface area contributed by atoms with Crippen LogP contribution in [-0.4, -0.2) is 14.9 Å². The highest BCUT2D eigenvalue weighted by molar-refractivity contribution is 5.94. The highest BCUT2D eigenvalue weighted by atomic mass is 16.6. The van der Waals surface area contributed by atoms with Crippen molar-refractivity contribution in [2.45, 2.75) is 0 Å². The molecule has 6 heteroatoms. The number of hydrogen-bond donors (Lipinski definition) is 1. The van der Waals surface area contributed by atoms with Gasteiger partial charge in [-0.05, 0) is 6.07 Å². The van der Waals surface area contributed by atoms with Crippen LogP contribution in [0.2, 0.25) is 0 Å². The first kappa shape index (κ1) is 12.7. The summed E-state index contributed by atoms with van der Waals surface area (Å²) in [5.41, 5.74) is 1.34. The fraction of sp³-hybridized carbons (Fsp3) is 0. The van der Waals surface area contributed by atoms with Gasteiger partial charge in [-0.2, -0.15) is 9.99 Å². The average Bonchev–Trinajstić information content (AvgIpc) is 2.80. The molecule has 0 saturated heterocycles. The van der Waals surface area contributed by atoms with Gasteiger partial charge in [0.1, 0.15) is 11.8 Å². The lowest BCUT2D eigenvalue weighted by Gasteiger charge is -2.03. The van der Waals surface area contributed by atoms with Crippen molar-refractivity contribution in [1.29, 1.82) is 5.26 Å². The van der Waals surface area contributed by atoms with Crippen molar-refractivity contribution in [3.63, 3.8) is 0 Å². The van der Waals surface area contributed by atoms with Crippen molar-refractivity contribution < 1.29 is 10.1 Å². The van der Waals surface area contributed by atoms with E-state index in [2.05, 4.69) is 6.07 Å². The first-order chi connectivity index (χ1) is 10.1. The van der Waals surface area contributed by atoms with Gasteiger partial charge in [-0.15, -0.1) is 0 Å². The van der Waals surface area contributed by atoms with Crippen molar-refractivity contribution in [2.75, 3.05) is 0 Å². The largest absolute Gasteiger partial charge is 0.428 e. The zero-order chi connectivity index (χ0) is 15.0. The minimum atomic E-state index is -0.514. The second kappa shape index (κ2) is 4.65. The van der Waals surface area contributed by atoms with E-state index >= 15 is 0 Å². The van der Waals surface area contributed by atoms with Crippen LogP contribution in [0.4, 0.5) is 5.69 Å². The molecule has 1 heterocycles. The van der Waals surface area contributed by atoms with Gasteiger partial charge in [0.25, 0.3) is 5.69 Å². The zero-order valence-electron chi connectivity index (χ0n) is 10.7. The highest BCUT2D eigenvalue weighted by Gasteiger charge is 2.19. The monoisotopic (exact) mass is 279 g/mol. The van der Waals surface area contributed by atoms with Crippen LogP contribution >= 0.6 is 0 Å². The number of benzene rings is 2. The van der Waals surface area contributed by atoms with Crippen molar-refractivity contribution in [3.8, 4) is 17.3 Å². The predicted molar refractivity (Wildman–Crippen MR) is 75.9 cm³/mol. The number of hydrogen-bond acceptors (Lipinski definition) is 4. The van der Waals surface area contributed by atoms with E-state index in [1.165, 1.54) is 18.2 Å². The van der Waals surface area contributed by atoms with Gasteiger partial charge in [0, 0.05) is 23.1 Å². The summed E-state index contributed by atoms with van der Waals surface area (Å²) in [5, 5.41) is 31.1. The molecule has 0 atom stereocenters. The molecule has 0 bridgehead atoms. The van der Waals surface area contributed by atoms with Crippen LogP contribution in [0.3, 0.4) is 0 Å². The summed E-state index contributed by atoms with van der Waals surface area (Å²) >= 11 is 0. The Balaban J connectivity index is 2.35. The predicted octanol–water partition coefficient (Wildman–Crippen LogP) is 3.33. The van der Waals surface area contributed by atoms with E-state index in [4.69, 9.17) is 0 Å². The molecule has 0 aliphatic heterocycles. The van der Waals surface area contributed by atoms with Crippen LogP contribution in [0.5, 0.6) is 0 Å². The van der Waals surface area contributed by atoms with Crippen LogP contribution in [-0.2, 0) is 0 Å². The Bertz CT molecular complexity index is 906. The summed E-state index contributed by atoms with van der Waals surface area (Å²) in [6, 6.07) is 14.8. The molecule has 1 N–H and O–H groups in total. The number of aromatic nitrogens is 1. The molecule has 0 fully saturated rings. The van der Waals surface area contributed by atoms with Crippen molar-refractivity contribution in [3.05, 3.63) is 64.2 Å². The molecule has 2 aromatic carbocycles. The van der Waals surface area contributed by atoms with Crippen LogP contribution in [0.25, 0.3) is 22.2 Å². The van der Waals surface area contributed by atoms with E-state index < -0.39 is 4.92 Å². The summed E-state index contributed by atoms with van der Waals surface area (Å²) in [7, 11) is 0. The number of nitriles is 1. The second-order valence-electron chi connectivity index (χ2n) is 4.47. The number of non-ortho nitro benzene ring substituents is 1. The number of nitrogens with zero attached hydrogens (tertiary/aromatic N) is 3. The van der Waals surface area contributed by atoms with E-state index in [1.807, 2.05) is 0 Å². The molecule has 21 heavy (non-hydrogen) atoms. The second-order valence-corrected chi connectivity index (χ2v) is 4.47. The summed E-state index contributed by atoms with van der Waals surface area (Å²) in [4.78, 5) is 10.4. The molecule has 0 unspecified atom stereocenters. The van der Waals surface area contributed by atoms with Crippen LogP contribution in [0, 0.1) is 21.4 Å². The van der Waals surface area contributed by atoms with Crippen molar-refractivity contribution >= 4 is 16.6 Å².